The monoisotopic (exact) mass is 321 g/mol. The summed E-state index contributed by atoms with van der Waals surface area (Å²) in [6.07, 6.45) is 1.55. The first kappa shape index (κ1) is 14.2. The summed E-state index contributed by atoms with van der Waals surface area (Å²) in [6, 6.07) is 1.86. The van der Waals surface area contributed by atoms with Crippen LogP contribution in [0.3, 0.4) is 0 Å². The molecule has 0 bridgehead atoms. The van der Waals surface area contributed by atoms with Gasteiger partial charge in [-0.05, 0) is 29.3 Å². The largest absolute Gasteiger partial charge is 0.387 e. The van der Waals surface area contributed by atoms with E-state index in [0.717, 1.165) is 21.9 Å². The maximum absolute atomic E-state index is 12.0. The molecule has 21 heavy (non-hydrogen) atoms. The first-order valence-electron chi connectivity index (χ1n) is 6.52. The van der Waals surface area contributed by atoms with Crippen molar-refractivity contribution in [2.75, 3.05) is 6.54 Å². The molecule has 3 aromatic heterocycles. The number of carbonyl (C=O) groups excluding carboxylic acids is 1. The van der Waals surface area contributed by atoms with E-state index in [1.165, 1.54) is 22.7 Å². The number of fused-ring (bicyclic) bond motifs is 1. The van der Waals surface area contributed by atoms with Gasteiger partial charge in [0.15, 0.2) is 4.96 Å². The predicted molar refractivity (Wildman–Crippen MR) is 83.8 cm³/mol. The summed E-state index contributed by atoms with van der Waals surface area (Å²) in [5.41, 5.74) is 2.69. The molecule has 7 heteroatoms. The summed E-state index contributed by atoms with van der Waals surface area (Å²) in [5.74, 6) is -0.102. The molecule has 0 aromatic carbocycles. The van der Waals surface area contributed by atoms with Gasteiger partial charge in [-0.2, -0.15) is 11.3 Å². The summed E-state index contributed by atoms with van der Waals surface area (Å²) in [5, 5.41) is 18.4. The van der Waals surface area contributed by atoms with Gasteiger partial charge in [0, 0.05) is 23.8 Å². The van der Waals surface area contributed by atoms with Gasteiger partial charge in [0.05, 0.1) is 18.2 Å². The summed E-state index contributed by atoms with van der Waals surface area (Å²) in [7, 11) is 0. The van der Waals surface area contributed by atoms with Crippen LogP contribution in [-0.4, -0.2) is 26.9 Å². The van der Waals surface area contributed by atoms with Gasteiger partial charge in [0.25, 0.3) is 0 Å². The van der Waals surface area contributed by atoms with E-state index in [9.17, 15) is 9.90 Å². The van der Waals surface area contributed by atoms with Crippen LogP contribution in [0.5, 0.6) is 0 Å². The zero-order chi connectivity index (χ0) is 14.8. The highest BCUT2D eigenvalue weighted by Gasteiger charge is 2.13. The van der Waals surface area contributed by atoms with Crippen molar-refractivity contribution in [3.63, 3.8) is 0 Å². The van der Waals surface area contributed by atoms with Crippen LogP contribution in [0.4, 0.5) is 0 Å². The lowest BCUT2D eigenvalue weighted by atomic mass is 10.2. The molecular weight excluding hydrogens is 306 g/mol. The molecule has 5 nitrogen and oxygen atoms in total. The maximum atomic E-state index is 12.0. The quantitative estimate of drug-likeness (QED) is 0.757. The van der Waals surface area contributed by atoms with Crippen LogP contribution in [-0.2, 0) is 11.2 Å². The minimum Gasteiger partial charge on any atom is -0.387 e. The van der Waals surface area contributed by atoms with Crippen LogP contribution in [0.15, 0.2) is 28.4 Å². The molecule has 0 aliphatic carbocycles. The van der Waals surface area contributed by atoms with Crippen LogP contribution >= 0.6 is 22.7 Å². The Kier molecular flexibility index (Phi) is 4.05. The molecule has 0 saturated carbocycles. The van der Waals surface area contributed by atoms with E-state index >= 15 is 0 Å². The van der Waals surface area contributed by atoms with Crippen molar-refractivity contribution in [2.45, 2.75) is 19.4 Å². The third kappa shape index (κ3) is 3.15. The Morgan fingerprint density at radius 3 is 3.14 bits per heavy atom. The van der Waals surface area contributed by atoms with Gasteiger partial charge < -0.3 is 10.4 Å². The molecule has 0 saturated heterocycles. The molecule has 1 atom stereocenters. The van der Waals surface area contributed by atoms with Crippen LogP contribution in [0, 0.1) is 6.92 Å². The third-order valence-corrected chi connectivity index (χ3v) is 4.76. The Hall–Kier alpha value is -1.70. The Morgan fingerprint density at radius 1 is 1.52 bits per heavy atom. The lowest BCUT2D eigenvalue weighted by molar-refractivity contribution is -0.120. The number of nitrogens with zero attached hydrogens (tertiary/aromatic N) is 2. The number of thiazole rings is 1. The first-order chi connectivity index (χ1) is 10.1. The number of carbonyl (C=O) groups is 1. The smallest absolute Gasteiger partial charge is 0.226 e. The molecule has 0 aliphatic rings. The van der Waals surface area contributed by atoms with Crippen molar-refractivity contribution in [1.29, 1.82) is 0 Å². The van der Waals surface area contributed by atoms with E-state index < -0.39 is 6.10 Å². The third-order valence-electron chi connectivity index (χ3n) is 3.17. The lowest BCUT2D eigenvalue weighted by Gasteiger charge is -2.10. The number of rotatable bonds is 5. The first-order valence-corrected chi connectivity index (χ1v) is 8.34. The second kappa shape index (κ2) is 5.97. The van der Waals surface area contributed by atoms with Crippen LogP contribution in [0.25, 0.3) is 4.96 Å². The van der Waals surface area contributed by atoms with Crippen LogP contribution < -0.4 is 5.32 Å². The van der Waals surface area contributed by atoms with Crippen molar-refractivity contribution in [3.8, 4) is 0 Å². The molecule has 1 unspecified atom stereocenters. The highest BCUT2D eigenvalue weighted by molar-refractivity contribution is 7.15. The molecule has 110 valence electrons. The van der Waals surface area contributed by atoms with E-state index in [-0.39, 0.29) is 18.9 Å². The Balaban J connectivity index is 1.59. The van der Waals surface area contributed by atoms with Crippen molar-refractivity contribution >= 4 is 33.5 Å². The fraction of sp³-hybridized carbons (Fsp3) is 0.286. The normalized spacial score (nSPS) is 12.7. The number of aliphatic hydroxyl groups is 1. The van der Waals surface area contributed by atoms with E-state index in [4.69, 9.17) is 0 Å². The number of aromatic nitrogens is 2. The van der Waals surface area contributed by atoms with Gasteiger partial charge in [-0.15, -0.1) is 11.3 Å². The fourth-order valence-electron chi connectivity index (χ4n) is 2.09. The van der Waals surface area contributed by atoms with Crippen LogP contribution in [0.1, 0.15) is 23.1 Å². The van der Waals surface area contributed by atoms with E-state index in [2.05, 4.69) is 10.3 Å². The minimum absolute atomic E-state index is 0.102. The number of aryl methyl sites for hydroxylation is 1. The molecule has 0 aliphatic heterocycles. The SMILES string of the molecule is Cc1cn2c(CC(=O)NCC(O)c3ccsc3)csc2n1. The van der Waals surface area contributed by atoms with Gasteiger partial charge >= 0.3 is 0 Å². The number of nitrogens with one attached hydrogen (secondary N) is 1. The lowest BCUT2D eigenvalue weighted by Crippen LogP contribution is -2.29. The fourth-order valence-corrected chi connectivity index (χ4v) is 3.71. The Labute approximate surface area is 129 Å². The summed E-state index contributed by atoms with van der Waals surface area (Å²) < 4.78 is 1.94. The van der Waals surface area contributed by atoms with Crippen molar-refractivity contribution in [1.82, 2.24) is 14.7 Å². The predicted octanol–water partition coefficient (Wildman–Crippen LogP) is 2.16. The summed E-state index contributed by atoms with van der Waals surface area (Å²) in [6.45, 7) is 2.16. The average Bonchev–Trinajstić information content (AvgIpc) is 3.15. The maximum Gasteiger partial charge on any atom is 0.226 e. The van der Waals surface area contributed by atoms with Crippen molar-refractivity contribution < 1.29 is 9.90 Å². The molecule has 0 radical (unpaired) electrons. The summed E-state index contributed by atoms with van der Waals surface area (Å²) in [4.78, 5) is 17.2. The zero-order valence-electron chi connectivity index (χ0n) is 11.4. The number of aliphatic hydroxyl groups excluding tert-OH is 1. The topological polar surface area (TPSA) is 66.6 Å². The second-order valence-electron chi connectivity index (χ2n) is 4.82. The molecule has 1 amide bonds. The van der Waals surface area contributed by atoms with Gasteiger partial charge in [0.2, 0.25) is 5.91 Å². The van der Waals surface area contributed by atoms with Gasteiger partial charge in [0.1, 0.15) is 0 Å². The molecular formula is C14H15N3O2S2. The van der Waals surface area contributed by atoms with Gasteiger partial charge in [-0.25, -0.2) is 4.98 Å². The molecule has 2 N–H and O–H groups in total. The van der Waals surface area contributed by atoms with Gasteiger partial charge in [-0.1, -0.05) is 0 Å². The van der Waals surface area contributed by atoms with Gasteiger partial charge in [-0.3, -0.25) is 9.20 Å². The number of thiophene rings is 1. The van der Waals surface area contributed by atoms with Crippen molar-refractivity contribution in [2.24, 2.45) is 0 Å². The van der Waals surface area contributed by atoms with E-state index in [0.29, 0.717) is 0 Å². The highest BCUT2D eigenvalue weighted by atomic mass is 32.1. The van der Waals surface area contributed by atoms with Crippen molar-refractivity contribution in [3.05, 3.63) is 45.4 Å². The minimum atomic E-state index is -0.654. The Bertz CT molecular complexity index is 746. The molecule has 3 rings (SSSR count). The van der Waals surface area contributed by atoms with Crippen LogP contribution in [0.2, 0.25) is 0 Å². The Morgan fingerprint density at radius 2 is 2.38 bits per heavy atom. The molecule has 0 fully saturated rings. The standard InChI is InChI=1S/C14H15N3O2S2/c1-9-6-17-11(8-21-14(17)16-9)4-13(19)15-5-12(18)10-2-3-20-7-10/h2-3,6-8,12,18H,4-5H2,1H3,(H,15,19). The molecule has 3 heterocycles. The number of amides is 1. The number of imidazole rings is 1. The second-order valence-corrected chi connectivity index (χ2v) is 6.43. The number of hydrogen-bond acceptors (Lipinski definition) is 5. The average molecular weight is 321 g/mol. The molecule has 0 spiro atoms. The highest BCUT2D eigenvalue weighted by Crippen LogP contribution is 2.17. The number of hydrogen-bond donors (Lipinski definition) is 2. The summed E-state index contributed by atoms with van der Waals surface area (Å²) >= 11 is 3.05. The molecule has 3 aromatic rings. The van der Waals surface area contributed by atoms with E-state index in [1.807, 2.05) is 39.7 Å². The van der Waals surface area contributed by atoms with E-state index in [1.54, 1.807) is 0 Å². The zero-order valence-corrected chi connectivity index (χ0v) is 13.1.